The van der Waals surface area contributed by atoms with E-state index in [1.54, 1.807) is 0 Å². The Morgan fingerprint density at radius 2 is 1.93 bits per heavy atom. The second-order valence-electron chi connectivity index (χ2n) is 4.27. The zero-order chi connectivity index (χ0) is 10.7. The maximum absolute atomic E-state index is 5.96. The molecule has 0 aliphatic heterocycles. The Kier molecular flexibility index (Phi) is 3.86. The summed E-state index contributed by atoms with van der Waals surface area (Å²) in [5.74, 6) is 0. The predicted octanol–water partition coefficient (Wildman–Crippen LogP) is 2.97. The fourth-order valence-corrected chi connectivity index (χ4v) is 2.50. The molecule has 0 radical (unpaired) electrons. The summed E-state index contributed by atoms with van der Waals surface area (Å²) in [6, 6.07) is 9.50. The summed E-state index contributed by atoms with van der Waals surface area (Å²) in [7, 11) is 0. The van der Waals surface area contributed by atoms with Crippen molar-refractivity contribution in [2.45, 2.75) is 37.8 Å². The minimum Gasteiger partial charge on any atom is -0.382 e. The second-order valence-corrected chi connectivity index (χ2v) is 5.52. The predicted molar refractivity (Wildman–Crippen MR) is 73.0 cm³/mol. The normalized spacial score (nSPS) is 26.3. The lowest BCUT2D eigenvalue weighted by atomic mass is 9.91. The molecule has 1 aromatic rings. The molecule has 0 bridgehead atoms. The Labute approximate surface area is 105 Å². The third-order valence-corrected chi connectivity index (χ3v) is 3.65. The highest BCUT2D eigenvalue weighted by Gasteiger charge is 2.18. The summed E-state index contributed by atoms with van der Waals surface area (Å²) in [5, 5.41) is 3.56. The van der Waals surface area contributed by atoms with Crippen LogP contribution in [0.1, 0.15) is 25.7 Å². The van der Waals surface area contributed by atoms with Crippen LogP contribution in [-0.4, -0.2) is 12.1 Å². The van der Waals surface area contributed by atoms with Crippen molar-refractivity contribution < 1.29 is 0 Å². The lowest BCUT2D eigenvalue weighted by Crippen LogP contribution is -2.34. The first-order chi connectivity index (χ1) is 7.24. The summed E-state index contributed by atoms with van der Waals surface area (Å²) >= 11 is 2.32. The van der Waals surface area contributed by atoms with E-state index in [2.05, 4.69) is 52.2 Å². The summed E-state index contributed by atoms with van der Waals surface area (Å²) < 4.78 is 1.28. The Morgan fingerprint density at radius 1 is 1.20 bits per heavy atom. The van der Waals surface area contributed by atoms with Gasteiger partial charge in [0.05, 0.1) is 0 Å². The number of hydrogen-bond donors (Lipinski definition) is 2. The van der Waals surface area contributed by atoms with Crippen LogP contribution in [0.3, 0.4) is 0 Å². The molecule has 15 heavy (non-hydrogen) atoms. The molecule has 0 saturated heterocycles. The quantitative estimate of drug-likeness (QED) is 0.823. The number of rotatable bonds is 2. The fraction of sp³-hybridized carbons (Fsp3) is 0.500. The zero-order valence-electron chi connectivity index (χ0n) is 8.75. The molecular formula is C12H17IN2. The molecule has 2 unspecified atom stereocenters. The molecule has 1 aliphatic rings. The van der Waals surface area contributed by atoms with Gasteiger partial charge >= 0.3 is 0 Å². The summed E-state index contributed by atoms with van der Waals surface area (Å²) in [6.45, 7) is 0. The molecule has 0 heterocycles. The van der Waals surface area contributed by atoms with Crippen molar-refractivity contribution in [1.29, 1.82) is 0 Å². The molecule has 2 nitrogen and oxygen atoms in total. The van der Waals surface area contributed by atoms with Crippen molar-refractivity contribution in [3.63, 3.8) is 0 Å². The molecule has 1 aliphatic carbocycles. The molecule has 82 valence electrons. The topological polar surface area (TPSA) is 38.0 Å². The molecule has 0 amide bonds. The molecule has 1 fully saturated rings. The van der Waals surface area contributed by atoms with Gasteiger partial charge in [-0.05, 0) is 72.5 Å². The fourth-order valence-electron chi connectivity index (χ4n) is 2.14. The van der Waals surface area contributed by atoms with E-state index >= 15 is 0 Å². The highest BCUT2D eigenvalue weighted by Crippen LogP contribution is 2.21. The maximum atomic E-state index is 5.96. The zero-order valence-corrected chi connectivity index (χ0v) is 10.9. The molecule has 3 heteroatoms. The van der Waals surface area contributed by atoms with E-state index in [0.717, 1.165) is 6.42 Å². The number of nitrogens with one attached hydrogen (secondary N) is 1. The van der Waals surface area contributed by atoms with Crippen LogP contribution < -0.4 is 11.1 Å². The van der Waals surface area contributed by atoms with Crippen LogP contribution in [0.15, 0.2) is 24.3 Å². The maximum Gasteiger partial charge on any atom is 0.0343 e. The molecule has 0 aromatic heterocycles. The van der Waals surface area contributed by atoms with Gasteiger partial charge in [0.15, 0.2) is 0 Å². The molecule has 2 atom stereocenters. The van der Waals surface area contributed by atoms with E-state index in [4.69, 9.17) is 5.73 Å². The molecule has 0 spiro atoms. The van der Waals surface area contributed by atoms with Gasteiger partial charge < -0.3 is 11.1 Å². The number of benzene rings is 1. The number of hydrogen-bond acceptors (Lipinski definition) is 2. The first kappa shape index (κ1) is 11.2. The van der Waals surface area contributed by atoms with Gasteiger partial charge in [0, 0.05) is 21.3 Å². The molecule has 2 rings (SSSR count). The van der Waals surface area contributed by atoms with E-state index < -0.39 is 0 Å². The molecular weight excluding hydrogens is 299 g/mol. The van der Waals surface area contributed by atoms with E-state index in [0.29, 0.717) is 12.1 Å². The van der Waals surface area contributed by atoms with Crippen LogP contribution in [0.4, 0.5) is 5.69 Å². The first-order valence-corrected chi connectivity index (χ1v) is 6.59. The van der Waals surface area contributed by atoms with Crippen LogP contribution in [0.25, 0.3) is 0 Å². The van der Waals surface area contributed by atoms with Crippen molar-refractivity contribution in [2.24, 2.45) is 5.73 Å². The van der Waals surface area contributed by atoms with Gasteiger partial charge in [-0.3, -0.25) is 0 Å². The van der Waals surface area contributed by atoms with Gasteiger partial charge in [-0.2, -0.15) is 0 Å². The van der Waals surface area contributed by atoms with Gasteiger partial charge in [-0.25, -0.2) is 0 Å². The Balaban J connectivity index is 1.93. The van der Waals surface area contributed by atoms with Crippen molar-refractivity contribution in [3.8, 4) is 0 Å². The summed E-state index contributed by atoms with van der Waals surface area (Å²) in [4.78, 5) is 0. The molecule has 1 aromatic carbocycles. The third kappa shape index (κ3) is 3.34. The minimum absolute atomic E-state index is 0.389. The lowest BCUT2D eigenvalue weighted by molar-refractivity contribution is 0.409. The van der Waals surface area contributed by atoms with Crippen LogP contribution in [-0.2, 0) is 0 Å². The van der Waals surface area contributed by atoms with Crippen LogP contribution in [0, 0.1) is 3.57 Å². The average Bonchev–Trinajstić information content (AvgIpc) is 2.22. The summed E-state index contributed by atoms with van der Waals surface area (Å²) in [6.07, 6.45) is 4.79. The van der Waals surface area contributed by atoms with Crippen molar-refractivity contribution in [1.82, 2.24) is 0 Å². The lowest BCUT2D eigenvalue weighted by Gasteiger charge is -2.28. The Morgan fingerprint density at radius 3 is 2.60 bits per heavy atom. The Bertz CT molecular complexity index is 310. The van der Waals surface area contributed by atoms with E-state index in [9.17, 15) is 0 Å². The van der Waals surface area contributed by atoms with E-state index in [-0.39, 0.29) is 0 Å². The number of nitrogens with two attached hydrogens (primary N) is 1. The molecule has 1 saturated carbocycles. The second kappa shape index (κ2) is 5.16. The van der Waals surface area contributed by atoms with Crippen molar-refractivity contribution in [2.75, 3.05) is 5.32 Å². The third-order valence-electron chi connectivity index (χ3n) is 2.93. The standard InChI is InChI=1S/C12H17IN2/c13-9-4-6-11(7-5-9)15-12-3-1-2-10(14)8-12/h4-7,10,12,15H,1-3,8,14H2. The van der Waals surface area contributed by atoms with Gasteiger partial charge in [0.2, 0.25) is 0 Å². The highest BCUT2D eigenvalue weighted by molar-refractivity contribution is 14.1. The van der Waals surface area contributed by atoms with Gasteiger partial charge in [-0.1, -0.05) is 0 Å². The number of halogens is 1. The van der Waals surface area contributed by atoms with E-state index in [1.807, 2.05) is 0 Å². The molecule has 3 N–H and O–H groups in total. The largest absolute Gasteiger partial charge is 0.382 e. The highest BCUT2D eigenvalue weighted by atomic mass is 127. The smallest absolute Gasteiger partial charge is 0.0343 e. The monoisotopic (exact) mass is 316 g/mol. The van der Waals surface area contributed by atoms with Crippen molar-refractivity contribution in [3.05, 3.63) is 27.8 Å². The van der Waals surface area contributed by atoms with Crippen molar-refractivity contribution >= 4 is 28.3 Å². The minimum atomic E-state index is 0.389. The SMILES string of the molecule is NC1CCCC(Nc2ccc(I)cc2)C1. The van der Waals surface area contributed by atoms with Crippen LogP contribution >= 0.6 is 22.6 Å². The van der Waals surface area contributed by atoms with Crippen LogP contribution in [0.2, 0.25) is 0 Å². The Hall–Kier alpha value is -0.290. The van der Waals surface area contributed by atoms with E-state index in [1.165, 1.54) is 28.5 Å². The summed E-state index contributed by atoms with van der Waals surface area (Å²) in [5.41, 5.74) is 7.18. The van der Waals surface area contributed by atoms with Crippen LogP contribution in [0.5, 0.6) is 0 Å². The van der Waals surface area contributed by atoms with Gasteiger partial charge in [0.25, 0.3) is 0 Å². The van der Waals surface area contributed by atoms with Gasteiger partial charge in [0.1, 0.15) is 0 Å². The van der Waals surface area contributed by atoms with Gasteiger partial charge in [-0.15, -0.1) is 0 Å². The number of anilines is 1. The average molecular weight is 316 g/mol. The first-order valence-electron chi connectivity index (χ1n) is 5.52.